The van der Waals surface area contributed by atoms with Gasteiger partial charge in [-0.15, -0.1) is 0 Å². The molecule has 2 aromatic carbocycles. The number of Topliss-reactive ketones (excluding diaryl/α,β-unsaturated/α-hetero) is 1. The fourth-order valence-electron chi connectivity index (χ4n) is 2.53. The summed E-state index contributed by atoms with van der Waals surface area (Å²) in [5, 5.41) is 0.455. The Labute approximate surface area is 121 Å². The van der Waals surface area contributed by atoms with Gasteiger partial charge in [0.1, 0.15) is 5.82 Å². The fraction of sp³-hybridized carbons (Fsp3) is 0.188. The van der Waals surface area contributed by atoms with Crippen LogP contribution < -0.4 is 4.90 Å². The van der Waals surface area contributed by atoms with Gasteiger partial charge in [-0.2, -0.15) is 0 Å². The first-order chi connectivity index (χ1) is 9.65. The van der Waals surface area contributed by atoms with Crippen molar-refractivity contribution in [3.63, 3.8) is 0 Å². The third kappa shape index (κ3) is 2.41. The van der Waals surface area contributed by atoms with Gasteiger partial charge >= 0.3 is 0 Å². The van der Waals surface area contributed by atoms with E-state index in [1.165, 1.54) is 12.1 Å². The number of halogens is 2. The number of carbonyl (C=O) groups is 1. The van der Waals surface area contributed by atoms with E-state index in [-0.39, 0.29) is 18.1 Å². The summed E-state index contributed by atoms with van der Waals surface area (Å²) in [6.45, 7) is 0.954. The zero-order valence-corrected chi connectivity index (χ0v) is 11.5. The van der Waals surface area contributed by atoms with Gasteiger partial charge in [0.2, 0.25) is 0 Å². The Morgan fingerprint density at radius 3 is 2.85 bits per heavy atom. The second-order valence-electron chi connectivity index (χ2n) is 4.85. The number of carbonyl (C=O) groups excluding carboxylic acids is 1. The average Bonchev–Trinajstić information content (AvgIpc) is 2.82. The van der Waals surface area contributed by atoms with Gasteiger partial charge in [0.15, 0.2) is 5.78 Å². The molecule has 0 unspecified atom stereocenters. The molecule has 0 N–H and O–H groups in total. The summed E-state index contributed by atoms with van der Waals surface area (Å²) in [7, 11) is 0. The van der Waals surface area contributed by atoms with Crippen LogP contribution in [0.3, 0.4) is 0 Å². The Balaban J connectivity index is 1.82. The lowest BCUT2D eigenvalue weighted by Crippen LogP contribution is -2.28. The first kappa shape index (κ1) is 13.1. The smallest absolute Gasteiger partial charge is 0.183 e. The van der Waals surface area contributed by atoms with Crippen molar-refractivity contribution in [3.05, 3.63) is 64.4 Å². The molecule has 1 aliphatic rings. The van der Waals surface area contributed by atoms with Gasteiger partial charge in [-0.3, -0.25) is 4.79 Å². The monoisotopic (exact) mass is 289 g/mol. The van der Waals surface area contributed by atoms with E-state index in [2.05, 4.69) is 0 Å². The summed E-state index contributed by atoms with van der Waals surface area (Å²) >= 11 is 6.03. The highest BCUT2D eigenvalue weighted by Gasteiger charge is 2.22. The standard InChI is InChI=1S/C16H13ClFNO/c17-14-4-2-1-3-13(14)16(20)10-19-8-7-11-5-6-12(18)9-15(11)19/h1-6,9H,7-8,10H2. The molecule has 0 saturated heterocycles. The van der Waals surface area contributed by atoms with Gasteiger partial charge in [0.25, 0.3) is 0 Å². The maximum absolute atomic E-state index is 13.3. The van der Waals surface area contributed by atoms with Gasteiger partial charge in [-0.1, -0.05) is 29.8 Å². The SMILES string of the molecule is O=C(CN1CCc2ccc(F)cc21)c1ccccc1Cl. The van der Waals surface area contributed by atoms with Crippen LogP contribution in [0.4, 0.5) is 10.1 Å². The molecule has 4 heteroatoms. The van der Waals surface area contributed by atoms with Crippen molar-refractivity contribution < 1.29 is 9.18 Å². The first-order valence-electron chi connectivity index (χ1n) is 6.46. The normalized spacial score (nSPS) is 13.4. The minimum atomic E-state index is -0.277. The van der Waals surface area contributed by atoms with Gasteiger partial charge in [-0.05, 0) is 36.2 Å². The molecule has 0 aliphatic carbocycles. The van der Waals surface area contributed by atoms with Crippen LogP contribution in [0.25, 0.3) is 0 Å². The highest BCUT2D eigenvalue weighted by atomic mass is 35.5. The Hall–Kier alpha value is -1.87. The summed E-state index contributed by atoms with van der Waals surface area (Å²) in [6.07, 6.45) is 0.839. The van der Waals surface area contributed by atoms with Crippen LogP contribution in [0.1, 0.15) is 15.9 Å². The molecule has 0 bridgehead atoms. The second-order valence-corrected chi connectivity index (χ2v) is 5.25. The molecule has 0 atom stereocenters. The quantitative estimate of drug-likeness (QED) is 0.803. The number of nitrogens with zero attached hydrogens (tertiary/aromatic N) is 1. The maximum Gasteiger partial charge on any atom is 0.183 e. The number of rotatable bonds is 3. The van der Waals surface area contributed by atoms with Crippen LogP contribution in [0.5, 0.6) is 0 Å². The van der Waals surface area contributed by atoms with Gasteiger partial charge in [0, 0.05) is 17.8 Å². The van der Waals surface area contributed by atoms with E-state index in [0.29, 0.717) is 10.6 Å². The summed E-state index contributed by atoms with van der Waals surface area (Å²) in [5.74, 6) is -0.325. The van der Waals surface area contributed by atoms with Crippen molar-refractivity contribution in [3.8, 4) is 0 Å². The molecular formula is C16H13ClFNO. The molecule has 0 fully saturated rings. The zero-order valence-electron chi connectivity index (χ0n) is 10.8. The van der Waals surface area contributed by atoms with E-state index < -0.39 is 0 Å². The Morgan fingerprint density at radius 2 is 2.05 bits per heavy atom. The van der Waals surface area contributed by atoms with Crippen molar-refractivity contribution in [2.75, 3.05) is 18.0 Å². The topological polar surface area (TPSA) is 20.3 Å². The van der Waals surface area contributed by atoms with E-state index in [1.807, 2.05) is 4.90 Å². The van der Waals surface area contributed by atoms with Gasteiger partial charge < -0.3 is 4.90 Å². The van der Waals surface area contributed by atoms with E-state index >= 15 is 0 Å². The Kier molecular flexibility index (Phi) is 3.45. The number of hydrogen-bond donors (Lipinski definition) is 0. The predicted molar refractivity (Wildman–Crippen MR) is 78.1 cm³/mol. The van der Waals surface area contributed by atoms with Crippen LogP contribution in [-0.4, -0.2) is 18.9 Å². The summed E-state index contributed by atoms with van der Waals surface area (Å²) < 4.78 is 13.3. The van der Waals surface area contributed by atoms with Crippen LogP contribution >= 0.6 is 11.6 Å². The minimum Gasteiger partial charge on any atom is -0.363 e. The first-order valence-corrected chi connectivity index (χ1v) is 6.84. The number of hydrogen-bond acceptors (Lipinski definition) is 2. The summed E-state index contributed by atoms with van der Waals surface area (Å²) in [5.41, 5.74) is 2.41. The van der Waals surface area contributed by atoms with Crippen molar-refractivity contribution in [1.82, 2.24) is 0 Å². The van der Waals surface area contributed by atoms with Crippen LogP contribution in [0.15, 0.2) is 42.5 Å². The lowest BCUT2D eigenvalue weighted by Gasteiger charge is -2.18. The molecule has 3 rings (SSSR count). The molecule has 0 aromatic heterocycles. The molecule has 2 aromatic rings. The number of anilines is 1. The Morgan fingerprint density at radius 1 is 1.25 bits per heavy atom. The molecule has 1 aliphatic heterocycles. The minimum absolute atomic E-state index is 0.0484. The third-order valence-corrected chi connectivity index (χ3v) is 3.88. The van der Waals surface area contributed by atoms with Crippen molar-refractivity contribution >= 4 is 23.1 Å². The van der Waals surface area contributed by atoms with Crippen LogP contribution in [0, 0.1) is 5.82 Å². The molecule has 0 radical (unpaired) electrons. The molecule has 20 heavy (non-hydrogen) atoms. The van der Waals surface area contributed by atoms with Crippen LogP contribution in [0.2, 0.25) is 5.02 Å². The van der Waals surface area contributed by atoms with E-state index in [9.17, 15) is 9.18 Å². The molecular weight excluding hydrogens is 277 g/mol. The fourth-order valence-corrected chi connectivity index (χ4v) is 2.77. The predicted octanol–water partition coefficient (Wildman–Crippen LogP) is 3.72. The highest BCUT2D eigenvalue weighted by Crippen LogP contribution is 2.29. The maximum atomic E-state index is 13.3. The number of ketones is 1. The lowest BCUT2D eigenvalue weighted by atomic mass is 10.1. The molecule has 0 saturated carbocycles. The van der Waals surface area contributed by atoms with Crippen molar-refractivity contribution in [1.29, 1.82) is 0 Å². The lowest BCUT2D eigenvalue weighted by molar-refractivity contribution is 0.0999. The summed E-state index contributed by atoms with van der Waals surface area (Å²) in [6, 6.07) is 11.7. The third-order valence-electron chi connectivity index (χ3n) is 3.55. The average molecular weight is 290 g/mol. The van der Waals surface area contributed by atoms with E-state index in [0.717, 1.165) is 24.2 Å². The van der Waals surface area contributed by atoms with Crippen molar-refractivity contribution in [2.24, 2.45) is 0 Å². The number of fused-ring (bicyclic) bond motifs is 1. The molecule has 102 valence electrons. The Bertz CT molecular complexity index is 671. The van der Waals surface area contributed by atoms with E-state index in [4.69, 9.17) is 11.6 Å². The van der Waals surface area contributed by atoms with Crippen molar-refractivity contribution in [2.45, 2.75) is 6.42 Å². The van der Waals surface area contributed by atoms with Gasteiger partial charge in [0.05, 0.1) is 11.6 Å². The zero-order chi connectivity index (χ0) is 14.1. The summed E-state index contributed by atoms with van der Waals surface area (Å²) in [4.78, 5) is 14.2. The second kappa shape index (κ2) is 5.25. The molecule has 1 heterocycles. The van der Waals surface area contributed by atoms with E-state index in [1.54, 1.807) is 30.3 Å². The molecule has 0 amide bonds. The molecule has 2 nitrogen and oxygen atoms in total. The highest BCUT2D eigenvalue weighted by molar-refractivity contribution is 6.34. The molecule has 0 spiro atoms. The van der Waals surface area contributed by atoms with Crippen LogP contribution in [-0.2, 0) is 6.42 Å². The largest absolute Gasteiger partial charge is 0.363 e. The van der Waals surface area contributed by atoms with Gasteiger partial charge in [-0.25, -0.2) is 4.39 Å². The number of benzene rings is 2.